The van der Waals surface area contributed by atoms with E-state index in [1.54, 1.807) is 0 Å². The van der Waals surface area contributed by atoms with E-state index in [4.69, 9.17) is 4.74 Å². The van der Waals surface area contributed by atoms with Crippen LogP contribution in [-0.2, 0) is 9.53 Å². The van der Waals surface area contributed by atoms with Crippen LogP contribution in [0.25, 0.3) is 0 Å². The van der Waals surface area contributed by atoms with Gasteiger partial charge in [0.05, 0.1) is 12.5 Å². The summed E-state index contributed by atoms with van der Waals surface area (Å²) in [7, 11) is 0. The van der Waals surface area contributed by atoms with Crippen LogP contribution < -0.4 is 4.90 Å². The summed E-state index contributed by atoms with van der Waals surface area (Å²) in [6.07, 6.45) is 1.71. The normalized spacial score (nSPS) is 16.7. The fraction of sp³-hybridized carbons (Fsp3) is 0.571. The molecular formula is C14H20N2O2. The van der Waals surface area contributed by atoms with E-state index in [1.807, 2.05) is 32.0 Å². The van der Waals surface area contributed by atoms with Gasteiger partial charge in [0, 0.05) is 18.8 Å². The van der Waals surface area contributed by atoms with Crippen LogP contribution in [0.3, 0.4) is 0 Å². The average Bonchev–Trinajstić information content (AvgIpc) is 2.39. The minimum absolute atomic E-state index is 0.0469. The molecule has 0 saturated carbocycles. The van der Waals surface area contributed by atoms with E-state index in [0.717, 1.165) is 37.4 Å². The average molecular weight is 248 g/mol. The molecule has 4 nitrogen and oxygen atoms in total. The third-order valence-electron chi connectivity index (χ3n) is 3.31. The first-order chi connectivity index (χ1) is 8.70. The van der Waals surface area contributed by atoms with Crippen molar-refractivity contribution in [3.05, 3.63) is 23.9 Å². The highest BCUT2D eigenvalue weighted by Crippen LogP contribution is 2.22. The molecule has 98 valence electrons. The Balaban J connectivity index is 1.92. The Labute approximate surface area is 108 Å². The van der Waals surface area contributed by atoms with E-state index in [0.29, 0.717) is 6.61 Å². The molecule has 4 heteroatoms. The number of anilines is 1. The van der Waals surface area contributed by atoms with Gasteiger partial charge in [0.25, 0.3) is 0 Å². The fourth-order valence-corrected chi connectivity index (χ4v) is 2.31. The first-order valence-corrected chi connectivity index (χ1v) is 6.56. The summed E-state index contributed by atoms with van der Waals surface area (Å²) >= 11 is 0. The van der Waals surface area contributed by atoms with Crippen molar-refractivity contribution in [3.8, 4) is 0 Å². The number of nitrogens with zero attached hydrogens (tertiary/aromatic N) is 2. The lowest BCUT2D eigenvalue weighted by Crippen LogP contribution is -2.37. The number of piperidine rings is 1. The Morgan fingerprint density at radius 2 is 2.17 bits per heavy atom. The lowest BCUT2D eigenvalue weighted by molar-refractivity contribution is -0.148. The lowest BCUT2D eigenvalue weighted by atomic mass is 9.97. The van der Waals surface area contributed by atoms with E-state index >= 15 is 0 Å². The van der Waals surface area contributed by atoms with Gasteiger partial charge in [-0.15, -0.1) is 0 Å². The molecule has 0 bridgehead atoms. The molecule has 1 fully saturated rings. The van der Waals surface area contributed by atoms with Crippen molar-refractivity contribution in [3.63, 3.8) is 0 Å². The molecule has 1 saturated heterocycles. The molecule has 0 spiro atoms. The van der Waals surface area contributed by atoms with Crippen LogP contribution in [-0.4, -0.2) is 30.6 Å². The van der Waals surface area contributed by atoms with Gasteiger partial charge in [-0.3, -0.25) is 4.79 Å². The highest BCUT2D eigenvalue weighted by molar-refractivity contribution is 5.72. The number of carbonyl (C=O) groups is 1. The first-order valence-electron chi connectivity index (χ1n) is 6.56. The number of carbonyl (C=O) groups excluding carboxylic acids is 1. The molecule has 0 aromatic carbocycles. The van der Waals surface area contributed by atoms with Crippen LogP contribution in [0.2, 0.25) is 0 Å². The monoisotopic (exact) mass is 248 g/mol. The number of aryl methyl sites for hydroxylation is 1. The third kappa shape index (κ3) is 3.00. The summed E-state index contributed by atoms with van der Waals surface area (Å²) < 4.78 is 5.07. The zero-order valence-corrected chi connectivity index (χ0v) is 11.1. The summed E-state index contributed by atoms with van der Waals surface area (Å²) in [4.78, 5) is 18.4. The molecule has 2 rings (SSSR count). The Morgan fingerprint density at radius 3 is 2.78 bits per heavy atom. The van der Waals surface area contributed by atoms with Crippen molar-refractivity contribution in [1.82, 2.24) is 4.98 Å². The number of esters is 1. The zero-order chi connectivity index (χ0) is 13.0. The predicted octanol–water partition coefficient (Wildman–Crippen LogP) is 2.17. The van der Waals surface area contributed by atoms with Crippen molar-refractivity contribution in [2.75, 3.05) is 24.6 Å². The summed E-state index contributed by atoms with van der Waals surface area (Å²) in [5.41, 5.74) is 1.03. The minimum atomic E-state index is -0.0469. The van der Waals surface area contributed by atoms with Crippen molar-refractivity contribution in [2.45, 2.75) is 26.7 Å². The highest BCUT2D eigenvalue weighted by atomic mass is 16.5. The van der Waals surface area contributed by atoms with E-state index in [9.17, 15) is 4.79 Å². The van der Waals surface area contributed by atoms with Crippen LogP contribution in [0.4, 0.5) is 5.82 Å². The molecule has 0 unspecified atom stereocenters. The number of pyridine rings is 1. The van der Waals surface area contributed by atoms with Gasteiger partial charge < -0.3 is 9.64 Å². The van der Waals surface area contributed by atoms with Crippen molar-refractivity contribution in [2.24, 2.45) is 5.92 Å². The largest absolute Gasteiger partial charge is 0.466 e. The third-order valence-corrected chi connectivity index (χ3v) is 3.31. The second-order valence-electron chi connectivity index (χ2n) is 4.65. The highest BCUT2D eigenvalue weighted by Gasteiger charge is 2.26. The minimum Gasteiger partial charge on any atom is -0.466 e. The van der Waals surface area contributed by atoms with Crippen LogP contribution >= 0.6 is 0 Å². The molecular weight excluding hydrogens is 228 g/mol. The Bertz CT molecular complexity index is 412. The van der Waals surface area contributed by atoms with E-state index in [-0.39, 0.29) is 11.9 Å². The maximum Gasteiger partial charge on any atom is 0.309 e. The lowest BCUT2D eigenvalue weighted by Gasteiger charge is -2.31. The second kappa shape index (κ2) is 5.85. The summed E-state index contributed by atoms with van der Waals surface area (Å²) in [6, 6.07) is 6.04. The maximum atomic E-state index is 11.6. The SMILES string of the molecule is CCOC(=O)C1CCN(c2cccc(C)n2)CC1. The topological polar surface area (TPSA) is 42.4 Å². The molecule has 0 aliphatic carbocycles. The van der Waals surface area contributed by atoms with Gasteiger partial charge in [-0.2, -0.15) is 0 Å². The van der Waals surface area contributed by atoms with Crippen LogP contribution in [0.15, 0.2) is 18.2 Å². The van der Waals surface area contributed by atoms with E-state index in [1.165, 1.54) is 0 Å². The van der Waals surface area contributed by atoms with Gasteiger partial charge in [-0.05, 0) is 38.8 Å². The molecule has 0 amide bonds. The first kappa shape index (κ1) is 12.9. The number of rotatable bonds is 3. The van der Waals surface area contributed by atoms with E-state index in [2.05, 4.69) is 9.88 Å². The van der Waals surface area contributed by atoms with Crippen molar-refractivity contribution < 1.29 is 9.53 Å². The fourth-order valence-electron chi connectivity index (χ4n) is 2.31. The molecule has 1 aliphatic heterocycles. The van der Waals surface area contributed by atoms with Crippen molar-refractivity contribution in [1.29, 1.82) is 0 Å². The summed E-state index contributed by atoms with van der Waals surface area (Å²) in [6.45, 7) is 6.07. The zero-order valence-electron chi connectivity index (χ0n) is 11.1. The van der Waals surface area contributed by atoms with Crippen LogP contribution in [0.5, 0.6) is 0 Å². The quantitative estimate of drug-likeness (QED) is 0.769. The van der Waals surface area contributed by atoms with Gasteiger partial charge in [0.2, 0.25) is 0 Å². The smallest absolute Gasteiger partial charge is 0.309 e. The van der Waals surface area contributed by atoms with Crippen molar-refractivity contribution >= 4 is 11.8 Å². The maximum absolute atomic E-state index is 11.6. The van der Waals surface area contributed by atoms with E-state index < -0.39 is 0 Å². The molecule has 0 radical (unpaired) electrons. The predicted molar refractivity (Wildman–Crippen MR) is 70.5 cm³/mol. The van der Waals surface area contributed by atoms with Gasteiger partial charge in [-0.1, -0.05) is 6.07 Å². The standard InChI is InChI=1S/C14H20N2O2/c1-3-18-14(17)12-7-9-16(10-8-12)13-6-4-5-11(2)15-13/h4-6,12H,3,7-10H2,1-2H3. The van der Waals surface area contributed by atoms with Crippen LogP contribution in [0, 0.1) is 12.8 Å². The molecule has 1 aliphatic rings. The number of ether oxygens (including phenoxy) is 1. The Morgan fingerprint density at radius 1 is 1.44 bits per heavy atom. The Kier molecular flexibility index (Phi) is 4.18. The number of hydrogen-bond acceptors (Lipinski definition) is 4. The van der Waals surface area contributed by atoms with Gasteiger partial charge in [0.1, 0.15) is 5.82 Å². The summed E-state index contributed by atoms with van der Waals surface area (Å²) in [5.74, 6) is 1.03. The molecule has 2 heterocycles. The number of hydrogen-bond donors (Lipinski definition) is 0. The molecule has 1 aromatic heterocycles. The van der Waals surface area contributed by atoms with Gasteiger partial charge >= 0.3 is 5.97 Å². The second-order valence-corrected chi connectivity index (χ2v) is 4.65. The molecule has 18 heavy (non-hydrogen) atoms. The molecule has 0 N–H and O–H groups in total. The molecule has 1 aromatic rings. The van der Waals surface area contributed by atoms with Gasteiger partial charge in [-0.25, -0.2) is 4.98 Å². The van der Waals surface area contributed by atoms with Crippen LogP contribution in [0.1, 0.15) is 25.5 Å². The van der Waals surface area contributed by atoms with Gasteiger partial charge in [0.15, 0.2) is 0 Å². The summed E-state index contributed by atoms with van der Waals surface area (Å²) in [5, 5.41) is 0. The number of aromatic nitrogens is 1. The molecule has 0 atom stereocenters. The Hall–Kier alpha value is -1.58.